The highest BCUT2D eigenvalue weighted by molar-refractivity contribution is 14.1. The average Bonchev–Trinajstić information content (AvgIpc) is 2.20. The molecule has 0 atom stereocenters. The van der Waals surface area contributed by atoms with Crippen molar-refractivity contribution in [1.29, 1.82) is 0 Å². The van der Waals surface area contributed by atoms with Gasteiger partial charge in [-0.25, -0.2) is 0 Å². The van der Waals surface area contributed by atoms with E-state index < -0.39 is 0 Å². The van der Waals surface area contributed by atoms with Crippen molar-refractivity contribution in [2.24, 2.45) is 5.92 Å². The Hall–Kier alpha value is 0.730. The Balaban J connectivity index is 1.94. The second kappa shape index (κ2) is 4.50. The van der Waals surface area contributed by atoms with Crippen molar-refractivity contribution < 1.29 is 0 Å². The lowest BCUT2D eigenvalue weighted by atomic mass is 9.73. The average molecular weight is 292 g/mol. The molecule has 0 aromatic heterocycles. The molecule has 0 saturated heterocycles. The van der Waals surface area contributed by atoms with Gasteiger partial charge in [0.2, 0.25) is 0 Å². The highest BCUT2D eigenvalue weighted by Gasteiger charge is 2.37. The van der Waals surface area contributed by atoms with E-state index in [1.807, 2.05) is 0 Å². The molecule has 0 aromatic rings. The molecule has 76 valence electrons. The largest absolute Gasteiger partial charge is 0.0786 e. The van der Waals surface area contributed by atoms with Crippen molar-refractivity contribution in [2.45, 2.75) is 67.6 Å². The number of hydrogen-bond acceptors (Lipinski definition) is 0. The highest BCUT2D eigenvalue weighted by Crippen LogP contribution is 2.47. The first-order valence-electron chi connectivity index (χ1n) is 6.00. The molecule has 0 heterocycles. The van der Waals surface area contributed by atoms with Crippen LogP contribution >= 0.6 is 22.6 Å². The summed E-state index contributed by atoms with van der Waals surface area (Å²) in [5.74, 6) is 1.07. The van der Waals surface area contributed by atoms with E-state index in [1.165, 1.54) is 64.2 Å². The van der Waals surface area contributed by atoms with Gasteiger partial charge in [-0.05, 0) is 31.6 Å². The third kappa shape index (κ3) is 2.40. The van der Waals surface area contributed by atoms with Crippen LogP contribution in [0.3, 0.4) is 0 Å². The summed E-state index contributed by atoms with van der Waals surface area (Å²) in [6, 6.07) is 0. The number of alkyl halides is 1. The molecule has 2 aliphatic rings. The summed E-state index contributed by atoms with van der Waals surface area (Å²) >= 11 is 2.81. The van der Waals surface area contributed by atoms with E-state index in [1.54, 1.807) is 0 Å². The van der Waals surface area contributed by atoms with E-state index >= 15 is 0 Å². The Labute approximate surface area is 96.0 Å². The molecule has 13 heavy (non-hydrogen) atoms. The summed E-state index contributed by atoms with van der Waals surface area (Å²) in [7, 11) is 0. The molecular formula is C12H21I. The van der Waals surface area contributed by atoms with Crippen LogP contribution in [-0.4, -0.2) is 3.42 Å². The van der Waals surface area contributed by atoms with Crippen LogP contribution in [-0.2, 0) is 0 Å². The van der Waals surface area contributed by atoms with Crippen molar-refractivity contribution in [3.63, 3.8) is 0 Å². The topological polar surface area (TPSA) is 0 Å². The fraction of sp³-hybridized carbons (Fsp3) is 1.00. The predicted octanol–water partition coefficient (Wildman–Crippen LogP) is 4.70. The lowest BCUT2D eigenvalue weighted by molar-refractivity contribution is 0.241. The summed E-state index contributed by atoms with van der Waals surface area (Å²) in [5, 5.41) is 0. The van der Waals surface area contributed by atoms with Gasteiger partial charge in [0.05, 0.1) is 0 Å². The van der Waals surface area contributed by atoms with Gasteiger partial charge in [-0.2, -0.15) is 0 Å². The molecule has 1 heteroatoms. The number of hydrogen-bond donors (Lipinski definition) is 0. The summed E-state index contributed by atoms with van der Waals surface area (Å²) in [4.78, 5) is 0. The maximum absolute atomic E-state index is 2.81. The summed E-state index contributed by atoms with van der Waals surface area (Å²) in [6.45, 7) is 0. The fourth-order valence-electron chi connectivity index (χ4n) is 3.17. The lowest BCUT2D eigenvalue weighted by Gasteiger charge is -2.41. The van der Waals surface area contributed by atoms with Crippen molar-refractivity contribution in [2.75, 3.05) is 0 Å². The summed E-state index contributed by atoms with van der Waals surface area (Å²) in [6.07, 6.45) is 15.1. The molecule has 0 amide bonds. The van der Waals surface area contributed by atoms with E-state index in [2.05, 4.69) is 22.6 Å². The monoisotopic (exact) mass is 292 g/mol. The van der Waals surface area contributed by atoms with Gasteiger partial charge in [0.1, 0.15) is 0 Å². The van der Waals surface area contributed by atoms with E-state index in [0.717, 1.165) is 9.34 Å². The maximum atomic E-state index is 2.81. The normalized spacial score (nSPS) is 30.2. The molecule has 2 rings (SSSR count). The van der Waals surface area contributed by atoms with E-state index in [9.17, 15) is 0 Å². The van der Waals surface area contributed by atoms with Gasteiger partial charge in [0.15, 0.2) is 0 Å². The minimum absolute atomic E-state index is 0.719. The Kier molecular flexibility index (Phi) is 3.55. The van der Waals surface area contributed by atoms with Gasteiger partial charge >= 0.3 is 0 Å². The molecule has 0 unspecified atom stereocenters. The van der Waals surface area contributed by atoms with Crippen molar-refractivity contribution >= 4 is 22.6 Å². The Bertz CT molecular complexity index is 153. The third-order valence-electron chi connectivity index (χ3n) is 4.02. The molecule has 2 fully saturated rings. The lowest BCUT2D eigenvalue weighted by Crippen LogP contribution is -2.34. The van der Waals surface area contributed by atoms with Gasteiger partial charge in [-0.15, -0.1) is 0 Å². The van der Waals surface area contributed by atoms with E-state index in [0.29, 0.717) is 0 Å². The van der Waals surface area contributed by atoms with Crippen LogP contribution in [0.25, 0.3) is 0 Å². The first-order valence-corrected chi connectivity index (χ1v) is 7.08. The van der Waals surface area contributed by atoms with Crippen LogP contribution in [0.4, 0.5) is 0 Å². The third-order valence-corrected chi connectivity index (χ3v) is 5.98. The maximum Gasteiger partial charge on any atom is 0.0250 e. The van der Waals surface area contributed by atoms with E-state index in [-0.39, 0.29) is 0 Å². The molecule has 0 nitrogen and oxygen atoms in total. The Morgan fingerprint density at radius 1 is 0.769 bits per heavy atom. The predicted molar refractivity (Wildman–Crippen MR) is 66.4 cm³/mol. The first kappa shape index (κ1) is 10.3. The molecule has 0 radical (unpaired) electrons. The fourth-order valence-corrected chi connectivity index (χ4v) is 4.55. The van der Waals surface area contributed by atoms with Crippen molar-refractivity contribution in [3.05, 3.63) is 0 Å². The molecule has 2 saturated carbocycles. The number of rotatable bonds is 1. The molecule has 0 spiro atoms. The summed E-state index contributed by atoms with van der Waals surface area (Å²) < 4.78 is 0.719. The van der Waals surface area contributed by atoms with Crippen LogP contribution < -0.4 is 0 Å². The molecule has 0 N–H and O–H groups in total. The Morgan fingerprint density at radius 2 is 1.31 bits per heavy atom. The zero-order chi connectivity index (χ0) is 9.15. The second-order valence-corrected chi connectivity index (χ2v) is 7.08. The standard InChI is InChI=1S/C12H21I/c13-12(9-5-2-6-10-12)11-7-3-1-4-8-11/h11H,1-10H2. The minimum atomic E-state index is 0.719. The molecule has 0 bridgehead atoms. The van der Waals surface area contributed by atoms with Crippen LogP contribution in [0, 0.1) is 5.92 Å². The van der Waals surface area contributed by atoms with Gasteiger partial charge in [-0.1, -0.05) is 61.1 Å². The molecule has 2 aliphatic carbocycles. The quantitative estimate of drug-likeness (QED) is 0.485. The number of halogens is 1. The zero-order valence-corrected chi connectivity index (χ0v) is 10.7. The van der Waals surface area contributed by atoms with Gasteiger partial charge in [0, 0.05) is 3.42 Å². The molecule has 0 aliphatic heterocycles. The van der Waals surface area contributed by atoms with Crippen LogP contribution in [0.2, 0.25) is 0 Å². The van der Waals surface area contributed by atoms with Gasteiger partial charge in [-0.3, -0.25) is 0 Å². The van der Waals surface area contributed by atoms with Crippen LogP contribution in [0.5, 0.6) is 0 Å². The SMILES string of the molecule is IC1(C2CCCCC2)CCCCC1. The Morgan fingerprint density at radius 3 is 1.92 bits per heavy atom. The molecule has 0 aromatic carbocycles. The van der Waals surface area contributed by atoms with Crippen molar-refractivity contribution in [1.82, 2.24) is 0 Å². The van der Waals surface area contributed by atoms with Crippen LogP contribution in [0.1, 0.15) is 64.2 Å². The molecular weight excluding hydrogens is 271 g/mol. The zero-order valence-electron chi connectivity index (χ0n) is 8.53. The first-order chi connectivity index (χ1) is 6.31. The van der Waals surface area contributed by atoms with Gasteiger partial charge < -0.3 is 0 Å². The van der Waals surface area contributed by atoms with E-state index in [4.69, 9.17) is 0 Å². The smallest absolute Gasteiger partial charge is 0.0250 e. The second-order valence-electron chi connectivity index (χ2n) is 4.93. The van der Waals surface area contributed by atoms with Gasteiger partial charge in [0.25, 0.3) is 0 Å². The minimum Gasteiger partial charge on any atom is -0.0786 e. The van der Waals surface area contributed by atoms with Crippen LogP contribution in [0.15, 0.2) is 0 Å². The van der Waals surface area contributed by atoms with Crippen molar-refractivity contribution in [3.8, 4) is 0 Å². The highest BCUT2D eigenvalue weighted by atomic mass is 127. The summed E-state index contributed by atoms with van der Waals surface area (Å²) in [5.41, 5.74) is 0.